The standard InChI is InChI=1S/C22H29N5O/c1-14-11-18-19(12-15(14)2)24-22(23-18)20-7-5-6-9-26(20)21(28)8-10-27-17(4)13-16(3)25-27/h11-13,20H,5-10H2,1-4H3,(H,23,24)/t20-/m1/s1. The van der Waals surface area contributed by atoms with Crippen LogP contribution in [0.25, 0.3) is 11.0 Å². The fourth-order valence-corrected chi connectivity index (χ4v) is 4.21. The number of benzene rings is 1. The Bertz CT molecular complexity index is 977. The molecule has 1 fully saturated rings. The van der Waals surface area contributed by atoms with Gasteiger partial charge >= 0.3 is 0 Å². The van der Waals surface area contributed by atoms with E-state index in [9.17, 15) is 4.79 Å². The minimum Gasteiger partial charge on any atom is -0.340 e. The number of carbonyl (C=O) groups is 1. The average molecular weight is 380 g/mol. The highest BCUT2D eigenvalue weighted by Gasteiger charge is 2.30. The van der Waals surface area contributed by atoms with Crippen LogP contribution in [0.4, 0.5) is 0 Å². The van der Waals surface area contributed by atoms with Crippen LogP contribution in [0, 0.1) is 27.7 Å². The Hall–Kier alpha value is -2.63. The van der Waals surface area contributed by atoms with E-state index in [1.54, 1.807) is 0 Å². The number of piperidine rings is 1. The number of H-pyrrole nitrogens is 1. The van der Waals surface area contributed by atoms with E-state index in [4.69, 9.17) is 4.98 Å². The van der Waals surface area contributed by atoms with E-state index < -0.39 is 0 Å². The molecule has 0 spiro atoms. The minimum atomic E-state index is 0.0368. The van der Waals surface area contributed by atoms with Crippen LogP contribution in [0.5, 0.6) is 0 Å². The predicted molar refractivity (Wildman–Crippen MR) is 110 cm³/mol. The van der Waals surface area contributed by atoms with Gasteiger partial charge in [0.15, 0.2) is 0 Å². The highest BCUT2D eigenvalue weighted by atomic mass is 16.2. The van der Waals surface area contributed by atoms with Gasteiger partial charge in [-0.1, -0.05) is 0 Å². The van der Waals surface area contributed by atoms with Gasteiger partial charge in [-0.2, -0.15) is 5.10 Å². The molecule has 1 aliphatic rings. The van der Waals surface area contributed by atoms with Gasteiger partial charge in [0.25, 0.3) is 0 Å². The summed E-state index contributed by atoms with van der Waals surface area (Å²) in [5.41, 5.74) is 6.63. The van der Waals surface area contributed by atoms with Gasteiger partial charge in [-0.05, 0) is 76.3 Å². The topological polar surface area (TPSA) is 66.8 Å². The van der Waals surface area contributed by atoms with Gasteiger partial charge < -0.3 is 9.88 Å². The molecule has 1 amide bonds. The quantitative estimate of drug-likeness (QED) is 0.741. The molecule has 4 rings (SSSR count). The third kappa shape index (κ3) is 3.55. The molecule has 1 saturated heterocycles. The summed E-state index contributed by atoms with van der Waals surface area (Å²) in [7, 11) is 0. The lowest BCUT2D eigenvalue weighted by Crippen LogP contribution is -2.39. The fourth-order valence-electron chi connectivity index (χ4n) is 4.21. The zero-order chi connectivity index (χ0) is 19.8. The van der Waals surface area contributed by atoms with Gasteiger partial charge in [0, 0.05) is 25.2 Å². The summed E-state index contributed by atoms with van der Waals surface area (Å²) in [6.45, 7) is 9.67. The van der Waals surface area contributed by atoms with Crippen molar-refractivity contribution in [2.45, 2.75) is 66.0 Å². The number of nitrogens with one attached hydrogen (secondary N) is 1. The number of likely N-dealkylation sites (tertiary alicyclic amines) is 1. The van der Waals surface area contributed by atoms with Gasteiger partial charge in [-0.25, -0.2) is 4.98 Å². The van der Waals surface area contributed by atoms with Gasteiger partial charge in [0.1, 0.15) is 5.82 Å². The van der Waals surface area contributed by atoms with Crippen molar-refractivity contribution in [2.75, 3.05) is 6.54 Å². The maximum atomic E-state index is 13.0. The molecular formula is C22H29N5O. The highest BCUT2D eigenvalue weighted by molar-refractivity contribution is 5.78. The van der Waals surface area contributed by atoms with Crippen molar-refractivity contribution in [3.8, 4) is 0 Å². The van der Waals surface area contributed by atoms with Gasteiger partial charge in [-0.3, -0.25) is 9.48 Å². The van der Waals surface area contributed by atoms with Crippen molar-refractivity contribution in [3.63, 3.8) is 0 Å². The third-order valence-electron chi connectivity index (χ3n) is 5.90. The Morgan fingerprint density at radius 2 is 1.93 bits per heavy atom. The first-order valence-corrected chi connectivity index (χ1v) is 10.2. The number of aryl methyl sites for hydroxylation is 5. The molecule has 0 radical (unpaired) electrons. The molecule has 0 unspecified atom stereocenters. The zero-order valence-electron chi connectivity index (χ0n) is 17.2. The van der Waals surface area contributed by atoms with Crippen molar-refractivity contribution >= 4 is 16.9 Å². The summed E-state index contributed by atoms with van der Waals surface area (Å²) >= 11 is 0. The second-order valence-electron chi connectivity index (χ2n) is 8.07. The van der Waals surface area contributed by atoms with Crippen LogP contribution < -0.4 is 0 Å². The van der Waals surface area contributed by atoms with Crippen molar-refractivity contribution in [3.05, 3.63) is 46.5 Å². The first-order valence-electron chi connectivity index (χ1n) is 10.2. The number of aromatic amines is 1. The van der Waals surface area contributed by atoms with Crippen LogP contribution >= 0.6 is 0 Å². The number of hydrogen-bond donors (Lipinski definition) is 1. The van der Waals surface area contributed by atoms with Crippen LogP contribution in [0.2, 0.25) is 0 Å². The van der Waals surface area contributed by atoms with E-state index in [0.29, 0.717) is 13.0 Å². The monoisotopic (exact) mass is 379 g/mol. The SMILES string of the molecule is Cc1cc(C)n(CCC(=O)N2CCCC[C@@H]2c2nc3cc(C)c(C)cc3[nH]2)n1. The fraction of sp³-hybridized carbons (Fsp3) is 0.500. The molecule has 1 N–H and O–H groups in total. The van der Waals surface area contributed by atoms with Gasteiger partial charge in [0.05, 0.1) is 22.8 Å². The molecule has 1 aromatic carbocycles. The lowest BCUT2D eigenvalue weighted by molar-refractivity contribution is -0.135. The van der Waals surface area contributed by atoms with Crippen LogP contribution in [0.15, 0.2) is 18.2 Å². The number of imidazole rings is 1. The summed E-state index contributed by atoms with van der Waals surface area (Å²) < 4.78 is 1.93. The largest absolute Gasteiger partial charge is 0.340 e. The minimum absolute atomic E-state index is 0.0368. The molecule has 148 valence electrons. The van der Waals surface area contributed by atoms with Crippen molar-refractivity contribution in [1.29, 1.82) is 0 Å². The summed E-state index contributed by atoms with van der Waals surface area (Å²) in [6, 6.07) is 6.36. The van der Waals surface area contributed by atoms with Crippen molar-refractivity contribution in [1.82, 2.24) is 24.6 Å². The molecule has 28 heavy (non-hydrogen) atoms. The Labute approximate surface area is 166 Å². The second-order valence-corrected chi connectivity index (χ2v) is 8.07. The van der Waals surface area contributed by atoms with Crippen molar-refractivity contribution in [2.24, 2.45) is 0 Å². The number of rotatable bonds is 4. The molecule has 3 aromatic rings. The molecule has 0 bridgehead atoms. The summed E-state index contributed by atoms with van der Waals surface area (Å²) in [4.78, 5) is 23.4. The molecule has 1 aliphatic heterocycles. The van der Waals surface area contributed by atoms with Crippen LogP contribution in [-0.4, -0.2) is 37.1 Å². The Balaban J connectivity index is 1.54. The van der Waals surface area contributed by atoms with E-state index in [1.807, 2.05) is 29.5 Å². The van der Waals surface area contributed by atoms with Crippen molar-refractivity contribution < 1.29 is 4.79 Å². The Morgan fingerprint density at radius 3 is 2.68 bits per heavy atom. The lowest BCUT2D eigenvalue weighted by atomic mass is 10.0. The van der Waals surface area contributed by atoms with E-state index in [0.717, 1.165) is 54.1 Å². The Kier molecular flexibility index (Phi) is 4.96. The third-order valence-corrected chi connectivity index (χ3v) is 5.90. The molecule has 0 aliphatic carbocycles. The zero-order valence-corrected chi connectivity index (χ0v) is 17.2. The first-order chi connectivity index (χ1) is 13.4. The number of carbonyl (C=O) groups excluding carboxylic acids is 1. The average Bonchev–Trinajstić information content (AvgIpc) is 3.22. The predicted octanol–water partition coefficient (Wildman–Crippen LogP) is 4.14. The summed E-state index contributed by atoms with van der Waals surface area (Å²) in [5, 5.41) is 4.48. The molecule has 6 nitrogen and oxygen atoms in total. The van der Waals surface area contributed by atoms with E-state index >= 15 is 0 Å². The number of fused-ring (bicyclic) bond motifs is 1. The van der Waals surface area contributed by atoms with E-state index in [2.05, 4.69) is 36.1 Å². The van der Waals surface area contributed by atoms with E-state index in [-0.39, 0.29) is 11.9 Å². The highest BCUT2D eigenvalue weighted by Crippen LogP contribution is 2.31. The molecule has 3 heterocycles. The summed E-state index contributed by atoms with van der Waals surface area (Å²) in [5.74, 6) is 1.10. The Morgan fingerprint density at radius 1 is 1.14 bits per heavy atom. The van der Waals surface area contributed by atoms with Crippen LogP contribution in [0.1, 0.15) is 60.1 Å². The normalized spacial score (nSPS) is 17.4. The van der Waals surface area contributed by atoms with Crippen LogP contribution in [0.3, 0.4) is 0 Å². The molecular weight excluding hydrogens is 350 g/mol. The van der Waals surface area contributed by atoms with E-state index in [1.165, 1.54) is 11.1 Å². The van der Waals surface area contributed by atoms with Crippen LogP contribution in [-0.2, 0) is 11.3 Å². The number of amides is 1. The maximum Gasteiger partial charge on any atom is 0.225 e. The van der Waals surface area contributed by atoms with Gasteiger partial charge in [0.2, 0.25) is 5.91 Å². The second kappa shape index (κ2) is 7.41. The molecule has 1 atom stereocenters. The molecule has 2 aromatic heterocycles. The number of aromatic nitrogens is 4. The smallest absolute Gasteiger partial charge is 0.225 e. The lowest BCUT2D eigenvalue weighted by Gasteiger charge is -2.34. The number of nitrogens with zero attached hydrogens (tertiary/aromatic N) is 4. The van der Waals surface area contributed by atoms with Gasteiger partial charge in [-0.15, -0.1) is 0 Å². The maximum absolute atomic E-state index is 13.0. The summed E-state index contributed by atoms with van der Waals surface area (Å²) in [6.07, 6.45) is 3.61. The molecule has 6 heteroatoms. The number of hydrogen-bond acceptors (Lipinski definition) is 3. The molecule has 0 saturated carbocycles. The first kappa shape index (κ1) is 18.7.